The average molecular weight is 431 g/mol. The molecule has 0 saturated heterocycles. The van der Waals surface area contributed by atoms with E-state index in [0.29, 0.717) is 26.3 Å². The SMILES string of the molecule is COc1ccc(OC)c(N(CC(=O)Nc2ccc(C)cc2C)c2n[nH]c(=S)s2)c1. The fourth-order valence-electron chi connectivity index (χ4n) is 2.89. The number of methoxy groups -OCH3 is 2. The molecule has 3 aromatic rings. The van der Waals surface area contributed by atoms with Gasteiger partial charge in [0, 0.05) is 11.8 Å². The number of aromatic nitrogens is 2. The summed E-state index contributed by atoms with van der Waals surface area (Å²) < 4.78 is 11.4. The van der Waals surface area contributed by atoms with E-state index in [9.17, 15) is 4.79 Å². The van der Waals surface area contributed by atoms with Crippen molar-refractivity contribution in [2.24, 2.45) is 0 Å². The van der Waals surface area contributed by atoms with Gasteiger partial charge in [0.1, 0.15) is 18.0 Å². The van der Waals surface area contributed by atoms with E-state index in [0.717, 1.165) is 16.8 Å². The Balaban J connectivity index is 1.95. The molecule has 29 heavy (non-hydrogen) atoms. The van der Waals surface area contributed by atoms with Crippen LogP contribution in [0.3, 0.4) is 0 Å². The standard InChI is InChI=1S/C20H22N4O3S2/c1-12-5-7-15(13(2)9-12)21-18(25)11-24(19-22-23-20(28)29-19)16-10-14(26-3)6-8-17(16)27-4/h5-10H,11H2,1-4H3,(H,21,25)(H,23,28). The molecule has 0 aliphatic carbocycles. The van der Waals surface area contributed by atoms with Gasteiger partial charge in [-0.05, 0) is 49.8 Å². The van der Waals surface area contributed by atoms with E-state index in [2.05, 4.69) is 15.5 Å². The lowest BCUT2D eigenvalue weighted by Crippen LogP contribution is -2.30. The van der Waals surface area contributed by atoms with Gasteiger partial charge in [0.15, 0.2) is 3.95 Å². The third-order valence-electron chi connectivity index (χ3n) is 4.29. The number of aromatic amines is 1. The molecule has 3 rings (SSSR count). The highest BCUT2D eigenvalue weighted by atomic mass is 32.1. The van der Waals surface area contributed by atoms with Crippen LogP contribution in [0.1, 0.15) is 11.1 Å². The molecule has 0 saturated carbocycles. The Morgan fingerprint density at radius 1 is 1.21 bits per heavy atom. The minimum absolute atomic E-state index is 0.0208. The number of carbonyl (C=O) groups excluding carboxylic acids is 1. The maximum atomic E-state index is 12.9. The summed E-state index contributed by atoms with van der Waals surface area (Å²) in [6.07, 6.45) is 0. The number of H-pyrrole nitrogens is 1. The van der Waals surface area contributed by atoms with E-state index in [1.165, 1.54) is 11.3 Å². The minimum atomic E-state index is -0.192. The molecule has 1 amide bonds. The van der Waals surface area contributed by atoms with Crippen molar-refractivity contribution in [3.05, 3.63) is 51.5 Å². The van der Waals surface area contributed by atoms with Crippen molar-refractivity contribution >= 4 is 46.0 Å². The molecule has 152 valence electrons. The number of hydrogen-bond acceptors (Lipinski definition) is 7. The van der Waals surface area contributed by atoms with Gasteiger partial charge in [-0.25, -0.2) is 0 Å². The first kappa shape index (κ1) is 20.8. The first-order valence-electron chi connectivity index (χ1n) is 8.83. The number of rotatable bonds is 7. The Morgan fingerprint density at radius 3 is 2.62 bits per heavy atom. The smallest absolute Gasteiger partial charge is 0.244 e. The molecular formula is C20H22N4O3S2. The molecule has 0 spiro atoms. The Hall–Kier alpha value is -2.91. The van der Waals surface area contributed by atoms with E-state index < -0.39 is 0 Å². The van der Waals surface area contributed by atoms with Crippen LogP contribution in [-0.2, 0) is 4.79 Å². The minimum Gasteiger partial charge on any atom is -0.497 e. The second kappa shape index (κ2) is 9.06. The summed E-state index contributed by atoms with van der Waals surface area (Å²) in [5.41, 5.74) is 3.56. The molecule has 0 atom stereocenters. The quantitative estimate of drug-likeness (QED) is 0.533. The molecule has 2 N–H and O–H groups in total. The number of nitrogens with one attached hydrogen (secondary N) is 2. The molecule has 0 bridgehead atoms. The van der Waals surface area contributed by atoms with E-state index in [4.69, 9.17) is 21.7 Å². The highest BCUT2D eigenvalue weighted by molar-refractivity contribution is 7.73. The molecule has 7 nitrogen and oxygen atoms in total. The fourth-order valence-corrected chi connectivity index (χ4v) is 3.78. The van der Waals surface area contributed by atoms with Crippen molar-refractivity contribution in [1.82, 2.24) is 10.2 Å². The largest absolute Gasteiger partial charge is 0.497 e. The average Bonchev–Trinajstić information content (AvgIpc) is 3.14. The second-order valence-corrected chi connectivity index (χ2v) is 8.03. The molecule has 0 fully saturated rings. The summed E-state index contributed by atoms with van der Waals surface area (Å²) >= 11 is 6.45. The van der Waals surface area contributed by atoms with Gasteiger partial charge in [0.25, 0.3) is 0 Å². The molecule has 0 unspecified atom stereocenters. The molecule has 1 aromatic heterocycles. The first-order chi connectivity index (χ1) is 13.9. The highest BCUT2D eigenvalue weighted by Crippen LogP contribution is 2.37. The maximum absolute atomic E-state index is 12.9. The Kier molecular flexibility index (Phi) is 6.50. The number of ether oxygens (including phenoxy) is 2. The summed E-state index contributed by atoms with van der Waals surface area (Å²) in [5.74, 6) is 1.04. The molecule has 0 aliphatic heterocycles. The summed E-state index contributed by atoms with van der Waals surface area (Å²) in [6, 6.07) is 11.3. The maximum Gasteiger partial charge on any atom is 0.244 e. The molecular weight excluding hydrogens is 408 g/mol. The number of anilines is 3. The molecule has 2 aromatic carbocycles. The van der Waals surface area contributed by atoms with Gasteiger partial charge in [-0.3, -0.25) is 9.89 Å². The normalized spacial score (nSPS) is 10.5. The van der Waals surface area contributed by atoms with Crippen LogP contribution in [0.5, 0.6) is 11.5 Å². The Morgan fingerprint density at radius 2 is 2.00 bits per heavy atom. The van der Waals surface area contributed by atoms with Crippen LogP contribution in [0, 0.1) is 17.8 Å². The zero-order valence-electron chi connectivity index (χ0n) is 16.6. The third kappa shape index (κ3) is 4.93. The lowest BCUT2D eigenvalue weighted by atomic mass is 10.1. The van der Waals surface area contributed by atoms with Crippen molar-refractivity contribution in [1.29, 1.82) is 0 Å². The van der Waals surface area contributed by atoms with E-state index in [1.807, 2.05) is 32.0 Å². The van der Waals surface area contributed by atoms with Gasteiger partial charge in [-0.15, -0.1) is 5.10 Å². The monoisotopic (exact) mass is 430 g/mol. The predicted molar refractivity (Wildman–Crippen MR) is 118 cm³/mol. The third-order valence-corrected chi connectivity index (χ3v) is 5.40. The zero-order chi connectivity index (χ0) is 21.0. The lowest BCUT2D eigenvalue weighted by Gasteiger charge is -2.23. The zero-order valence-corrected chi connectivity index (χ0v) is 18.2. The summed E-state index contributed by atoms with van der Waals surface area (Å²) in [7, 11) is 3.16. The van der Waals surface area contributed by atoms with Crippen LogP contribution in [-0.4, -0.2) is 36.9 Å². The van der Waals surface area contributed by atoms with Crippen molar-refractivity contribution in [3.8, 4) is 11.5 Å². The van der Waals surface area contributed by atoms with E-state index in [1.54, 1.807) is 37.3 Å². The number of amides is 1. The Labute approximate surface area is 178 Å². The van der Waals surface area contributed by atoms with Gasteiger partial charge >= 0.3 is 0 Å². The number of hydrogen-bond donors (Lipinski definition) is 2. The first-order valence-corrected chi connectivity index (χ1v) is 10.1. The van der Waals surface area contributed by atoms with Crippen molar-refractivity contribution in [3.63, 3.8) is 0 Å². The highest BCUT2D eigenvalue weighted by Gasteiger charge is 2.21. The van der Waals surface area contributed by atoms with Gasteiger partial charge < -0.3 is 19.7 Å². The van der Waals surface area contributed by atoms with E-state index >= 15 is 0 Å². The lowest BCUT2D eigenvalue weighted by molar-refractivity contribution is -0.114. The summed E-state index contributed by atoms with van der Waals surface area (Å²) in [4.78, 5) is 14.6. The molecule has 0 radical (unpaired) electrons. The van der Waals surface area contributed by atoms with Crippen molar-refractivity contribution in [2.75, 3.05) is 31.0 Å². The summed E-state index contributed by atoms with van der Waals surface area (Å²) in [5, 5.41) is 10.5. The van der Waals surface area contributed by atoms with Gasteiger partial charge in [0.05, 0.1) is 19.9 Å². The fraction of sp³-hybridized carbons (Fsp3) is 0.250. The number of aryl methyl sites for hydroxylation is 2. The number of benzene rings is 2. The number of nitrogens with zero attached hydrogens (tertiary/aromatic N) is 2. The predicted octanol–water partition coefficient (Wildman–Crippen LogP) is 4.61. The molecule has 9 heteroatoms. The molecule has 1 heterocycles. The van der Waals surface area contributed by atoms with Crippen molar-refractivity contribution in [2.45, 2.75) is 13.8 Å². The van der Waals surface area contributed by atoms with Gasteiger partial charge in [-0.1, -0.05) is 29.0 Å². The van der Waals surface area contributed by atoms with E-state index in [-0.39, 0.29) is 12.5 Å². The van der Waals surface area contributed by atoms with Crippen molar-refractivity contribution < 1.29 is 14.3 Å². The summed E-state index contributed by atoms with van der Waals surface area (Å²) in [6.45, 7) is 4.00. The Bertz CT molecular complexity index is 1080. The number of carbonyl (C=O) groups is 1. The van der Waals surface area contributed by atoms with Crippen LogP contribution in [0.15, 0.2) is 36.4 Å². The van der Waals surface area contributed by atoms with Crippen LogP contribution < -0.4 is 19.7 Å². The van der Waals surface area contributed by atoms with Crippen LogP contribution >= 0.6 is 23.6 Å². The second-order valence-electron chi connectivity index (χ2n) is 6.39. The topological polar surface area (TPSA) is 79.5 Å². The van der Waals surface area contributed by atoms with Crippen LogP contribution in [0.2, 0.25) is 0 Å². The van der Waals surface area contributed by atoms with Gasteiger partial charge in [-0.2, -0.15) is 0 Å². The van der Waals surface area contributed by atoms with Gasteiger partial charge in [0.2, 0.25) is 11.0 Å². The van der Waals surface area contributed by atoms with Crippen LogP contribution in [0.25, 0.3) is 0 Å². The van der Waals surface area contributed by atoms with Crippen LogP contribution in [0.4, 0.5) is 16.5 Å². The molecule has 0 aliphatic rings.